The maximum absolute atomic E-state index is 13.5. The molecule has 1 saturated heterocycles. The van der Waals surface area contributed by atoms with Gasteiger partial charge in [-0.15, -0.1) is 11.3 Å². The highest BCUT2D eigenvalue weighted by molar-refractivity contribution is 7.12. The van der Waals surface area contributed by atoms with E-state index in [-0.39, 0.29) is 23.7 Å². The van der Waals surface area contributed by atoms with Crippen LogP contribution in [0.2, 0.25) is 0 Å². The number of aromatic nitrogens is 3. The lowest BCUT2D eigenvalue weighted by Crippen LogP contribution is -2.41. The molecular formula is C26H26FN5OS. The van der Waals surface area contributed by atoms with Gasteiger partial charge in [0.1, 0.15) is 11.5 Å². The van der Waals surface area contributed by atoms with E-state index in [1.54, 1.807) is 18.5 Å². The topological polar surface area (TPSA) is 63.1 Å². The minimum absolute atomic E-state index is 0.108. The summed E-state index contributed by atoms with van der Waals surface area (Å²) >= 11 is 1.24. The zero-order valence-electron chi connectivity index (χ0n) is 21.8. The Kier molecular flexibility index (Phi) is 5.09. The number of rotatable bonds is 6. The van der Waals surface area contributed by atoms with Crippen LogP contribution in [0.3, 0.4) is 0 Å². The first kappa shape index (κ1) is 19.0. The number of likely N-dealkylation sites (tertiary alicyclic amines) is 1. The van der Waals surface area contributed by atoms with Crippen molar-refractivity contribution in [2.75, 3.05) is 25.4 Å². The number of amides is 1. The molecule has 34 heavy (non-hydrogen) atoms. The van der Waals surface area contributed by atoms with Crippen LogP contribution in [0, 0.1) is 5.82 Å². The van der Waals surface area contributed by atoms with E-state index in [1.165, 1.54) is 28.4 Å². The molecule has 5 rings (SSSR count). The van der Waals surface area contributed by atoms with Gasteiger partial charge in [-0.3, -0.25) is 4.79 Å². The van der Waals surface area contributed by atoms with Crippen LogP contribution in [-0.4, -0.2) is 45.4 Å². The second kappa shape index (κ2) is 9.12. The van der Waals surface area contributed by atoms with Gasteiger partial charge >= 0.3 is 0 Å². The molecule has 0 spiro atoms. The third kappa shape index (κ3) is 4.38. The summed E-state index contributed by atoms with van der Waals surface area (Å²) in [6.45, 7) is 3.01. The number of carbonyl (C=O) groups excluding carboxylic acids is 1. The molecule has 1 aliphatic rings. The van der Waals surface area contributed by atoms with E-state index in [1.807, 2.05) is 48.1 Å². The number of benzene rings is 2. The molecule has 0 unspecified atom stereocenters. The van der Waals surface area contributed by atoms with Crippen LogP contribution in [0.25, 0.3) is 22.6 Å². The zero-order valence-corrected chi connectivity index (χ0v) is 19.6. The number of halogens is 1. The number of imidazole rings is 1. The summed E-state index contributed by atoms with van der Waals surface area (Å²) in [6, 6.07) is 13.7. The second-order valence-electron chi connectivity index (χ2n) is 8.67. The fourth-order valence-electron chi connectivity index (χ4n) is 4.02. The van der Waals surface area contributed by atoms with Crippen molar-refractivity contribution < 1.29 is 13.3 Å². The smallest absolute Gasteiger partial charge is 0.284 e. The highest BCUT2D eigenvalue weighted by atomic mass is 32.1. The van der Waals surface area contributed by atoms with Crippen LogP contribution in [0.4, 0.5) is 10.1 Å². The summed E-state index contributed by atoms with van der Waals surface area (Å²) in [7, 11) is 0. The molecule has 3 heterocycles. The first-order valence-corrected chi connectivity index (χ1v) is 11.9. The van der Waals surface area contributed by atoms with Gasteiger partial charge in [0.15, 0.2) is 5.01 Å². The Morgan fingerprint density at radius 2 is 1.91 bits per heavy atom. The van der Waals surface area contributed by atoms with E-state index >= 15 is 0 Å². The van der Waals surface area contributed by atoms with Crippen molar-refractivity contribution in [3.05, 3.63) is 76.6 Å². The standard InChI is InChI=1S/C26H26FN5OS/c1-16(2)32-15-28-23(18-4-8-20(27)9-5-18)24(32)22-14-34-26(30-22)25(33)29-21-10-6-17(7-11-21)19-12-31(3)13-19/h4-11,14-16,19H,12-13H2,1-3H3,(H,29,33)/i3D3. The van der Waals surface area contributed by atoms with E-state index in [9.17, 15) is 9.18 Å². The van der Waals surface area contributed by atoms with E-state index < -0.39 is 6.98 Å². The summed E-state index contributed by atoms with van der Waals surface area (Å²) in [4.78, 5) is 23.6. The van der Waals surface area contributed by atoms with Gasteiger partial charge in [-0.05, 0) is 62.8 Å². The Bertz CT molecular complexity index is 1410. The lowest BCUT2D eigenvalue weighted by molar-refractivity contribution is 0.102. The van der Waals surface area contributed by atoms with Gasteiger partial charge in [-0.25, -0.2) is 14.4 Å². The highest BCUT2D eigenvalue weighted by Crippen LogP contribution is 2.34. The van der Waals surface area contributed by atoms with Crippen molar-refractivity contribution in [1.29, 1.82) is 0 Å². The Labute approximate surface area is 206 Å². The second-order valence-corrected chi connectivity index (χ2v) is 9.52. The van der Waals surface area contributed by atoms with Crippen LogP contribution in [0.5, 0.6) is 0 Å². The van der Waals surface area contributed by atoms with Gasteiger partial charge in [0, 0.05) is 45.8 Å². The fraction of sp³-hybridized carbons (Fsp3) is 0.269. The minimum Gasteiger partial charge on any atom is -0.326 e. The van der Waals surface area contributed by atoms with E-state index in [4.69, 9.17) is 4.11 Å². The number of nitrogens with zero attached hydrogens (tertiary/aromatic N) is 4. The first-order chi connectivity index (χ1) is 17.6. The lowest BCUT2D eigenvalue weighted by atomic mass is 9.92. The summed E-state index contributed by atoms with van der Waals surface area (Å²) in [5.41, 5.74) is 4.52. The molecule has 0 atom stereocenters. The summed E-state index contributed by atoms with van der Waals surface area (Å²) < 4.78 is 37.9. The van der Waals surface area contributed by atoms with Gasteiger partial charge < -0.3 is 14.8 Å². The van der Waals surface area contributed by atoms with Crippen molar-refractivity contribution in [2.45, 2.75) is 25.8 Å². The summed E-state index contributed by atoms with van der Waals surface area (Å²) in [6.07, 6.45) is 1.73. The van der Waals surface area contributed by atoms with Gasteiger partial charge in [-0.1, -0.05) is 12.1 Å². The predicted molar refractivity (Wildman–Crippen MR) is 134 cm³/mol. The highest BCUT2D eigenvalue weighted by Gasteiger charge is 2.25. The van der Waals surface area contributed by atoms with Gasteiger partial charge in [0.25, 0.3) is 5.91 Å². The number of thiazole rings is 1. The maximum atomic E-state index is 13.5. The lowest BCUT2D eigenvalue weighted by Gasteiger charge is -2.36. The molecule has 174 valence electrons. The Morgan fingerprint density at radius 3 is 2.59 bits per heavy atom. The number of carbonyl (C=O) groups is 1. The summed E-state index contributed by atoms with van der Waals surface area (Å²) in [5.74, 6) is -0.465. The number of hydrogen-bond acceptors (Lipinski definition) is 5. The van der Waals surface area contributed by atoms with Crippen molar-refractivity contribution in [3.8, 4) is 22.6 Å². The SMILES string of the molecule is [2H]C([2H])([2H])N1CC(c2ccc(NC(=O)c3nc(-c4c(-c5ccc(F)cc5)ncn4C(C)C)cs3)cc2)C1. The molecule has 2 aromatic carbocycles. The molecule has 1 amide bonds. The molecule has 4 aromatic rings. The van der Waals surface area contributed by atoms with Crippen molar-refractivity contribution in [1.82, 2.24) is 19.4 Å². The normalized spacial score (nSPS) is 16.1. The zero-order chi connectivity index (χ0) is 26.3. The van der Waals surface area contributed by atoms with Crippen LogP contribution in [0.1, 0.15) is 45.3 Å². The molecule has 6 nitrogen and oxygen atoms in total. The number of nitrogens with one attached hydrogen (secondary N) is 1. The average Bonchev–Trinajstić information content (AvgIpc) is 3.46. The molecular weight excluding hydrogens is 449 g/mol. The van der Waals surface area contributed by atoms with Crippen LogP contribution in [-0.2, 0) is 0 Å². The Hall–Kier alpha value is -3.36. The molecule has 1 fully saturated rings. The van der Waals surface area contributed by atoms with E-state index in [0.29, 0.717) is 35.2 Å². The van der Waals surface area contributed by atoms with Crippen molar-refractivity contribution in [3.63, 3.8) is 0 Å². The maximum Gasteiger partial charge on any atom is 0.284 e. The minimum atomic E-state index is -2.05. The van der Waals surface area contributed by atoms with Crippen LogP contribution < -0.4 is 5.32 Å². The predicted octanol–water partition coefficient (Wildman–Crippen LogP) is 5.67. The molecule has 1 aliphatic heterocycles. The summed E-state index contributed by atoms with van der Waals surface area (Å²) in [5, 5.41) is 5.03. The molecule has 0 radical (unpaired) electrons. The van der Waals surface area contributed by atoms with Crippen molar-refractivity contribution >= 4 is 22.9 Å². The number of likely N-dealkylation sites (N-methyl/N-ethyl adjacent to an activating group) is 1. The van der Waals surface area contributed by atoms with Gasteiger partial charge in [0.2, 0.25) is 0 Å². The number of hydrogen-bond donors (Lipinski definition) is 1. The van der Waals surface area contributed by atoms with E-state index in [0.717, 1.165) is 16.8 Å². The molecule has 2 aromatic heterocycles. The third-order valence-electron chi connectivity index (χ3n) is 5.93. The molecule has 0 bridgehead atoms. The van der Waals surface area contributed by atoms with Crippen LogP contribution >= 0.6 is 11.3 Å². The van der Waals surface area contributed by atoms with Gasteiger partial charge in [-0.2, -0.15) is 0 Å². The van der Waals surface area contributed by atoms with Gasteiger partial charge in [0.05, 0.1) is 17.7 Å². The Balaban J connectivity index is 1.32. The molecule has 8 heteroatoms. The monoisotopic (exact) mass is 478 g/mol. The van der Waals surface area contributed by atoms with Crippen molar-refractivity contribution in [2.24, 2.45) is 0 Å². The number of anilines is 1. The fourth-order valence-corrected chi connectivity index (χ4v) is 4.72. The molecule has 0 aliphatic carbocycles. The first-order valence-electron chi connectivity index (χ1n) is 12.5. The van der Waals surface area contributed by atoms with Crippen LogP contribution in [0.15, 0.2) is 60.2 Å². The quantitative estimate of drug-likeness (QED) is 0.388. The average molecular weight is 479 g/mol. The van der Waals surface area contributed by atoms with E-state index in [2.05, 4.69) is 15.3 Å². The third-order valence-corrected chi connectivity index (χ3v) is 6.77. The molecule has 0 saturated carbocycles. The molecule has 1 N–H and O–H groups in total. The largest absolute Gasteiger partial charge is 0.326 e. The Morgan fingerprint density at radius 1 is 1.18 bits per heavy atom.